The molecule has 2 spiro atoms. The van der Waals surface area contributed by atoms with Gasteiger partial charge in [-0.15, -0.1) is 0 Å². The minimum atomic E-state index is -0.703. The number of allylic oxidation sites excluding steroid dienone is 2. The Kier molecular flexibility index (Phi) is 9.69. The Balaban J connectivity index is 0.814. The van der Waals surface area contributed by atoms with Crippen LogP contribution in [-0.4, -0.2) is 11.6 Å². The maximum Gasteiger partial charge on any atom is 0.171 e. The molecule has 0 atom stereocenters. The third-order valence-corrected chi connectivity index (χ3v) is 22.4. The lowest BCUT2D eigenvalue weighted by molar-refractivity contribution is -0.122. The number of hydrogen-bond acceptors (Lipinski definition) is 2. The second kappa shape index (κ2) is 16.0. The molecule has 8 aromatic carbocycles. The van der Waals surface area contributed by atoms with Crippen molar-refractivity contribution in [1.82, 2.24) is 0 Å². The Morgan fingerprint density at radius 2 is 0.632 bits per heavy atom. The molecule has 76 heavy (non-hydrogen) atoms. The summed E-state index contributed by atoms with van der Waals surface area (Å²) >= 11 is 0. The number of fused-ring (bicyclic) bond motifs is 6. The highest BCUT2D eigenvalue weighted by molar-refractivity contribution is 6.22. The van der Waals surface area contributed by atoms with Crippen LogP contribution in [0.1, 0.15) is 131 Å². The van der Waals surface area contributed by atoms with Crippen molar-refractivity contribution in [3.05, 3.63) is 215 Å². The molecule has 7 aliphatic rings. The van der Waals surface area contributed by atoms with Gasteiger partial charge in [0, 0.05) is 10.8 Å². The Morgan fingerprint density at radius 3 is 0.974 bits per heavy atom. The van der Waals surface area contributed by atoms with Crippen LogP contribution in [0.25, 0.3) is 77.9 Å². The van der Waals surface area contributed by atoms with E-state index < -0.39 is 5.92 Å². The summed E-state index contributed by atoms with van der Waals surface area (Å²) in [6.07, 6.45) is 15.4. The fourth-order valence-electron chi connectivity index (χ4n) is 18.5. The molecule has 0 N–H and O–H groups in total. The number of rotatable bonds is 8. The van der Waals surface area contributed by atoms with Crippen molar-refractivity contribution in [2.45, 2.75) is 116 Å². The molecule has 0 unspecified atom stereocenters. The first-order valence-corrected chi connectivity index (χ1v) is 28.6. The molecule has 374 valence electrons. The van der Waals surface area contributed by atoms with Crippen LogP contribution in [0.5, 0.6) is 0 Å². The van der Waals surface area contributed by atoms with Crippen LogP contribution >= 0.6 is 0 Å². The zero-order chi connectivity index (χ0) is 51.6. The normalized spacial score (nSPS) is 28.0. The van der Waals surface area contributed by atoms with Gasteiger partial charge in [0.25, 0.3) is 0 Å². The first-order valence-electron chi connectivity index (χ1n) is 28.6. The summed E-state index contributed by atoms with van der Waals surface area (Å²) in [5.41, 5.74) is 27.3. The summed E-state index contributed by atoms with van der Waals surface area (Å²) in [7, 11) is 0. The maximum atomic E-state index is 12.4. The van der Waals surface area contributed by atoms with Gasteiger partial charge in [-0.05, 0) is 235 Å². The predicted molar refractivity (Wildman–Crippen MR) is 311 cm³/mol. The fourth-order valence-corrected chi connectivity index (χ4v) is 18.5. The van der Waals surface area contributed by atoms with Crippen LogP contribution in [0.4, 0.5) is 0 Å². The van der Waals surface area contributed by atoms with Gasteiger partial charge in [-0.3, -0.25) is 9.59 Å². The van der Waals surface area contributed by atoms with E-state index in [9.17, 15) is 9.59 Å². The molecular weight excluding hydrogens is 921 g/mol. The maximum absolute atomic E-state index is 12.4. The summed E-state index contributed by atoms with van der Waals surface area (Å²) in [5, 5.41) is 0. The molecule has 8 aromatic rings. The van der Waals surface area contributed by atoms with E-state index in [2.05, 4.69) is 180 Å². The van der Waals surface area contributed by atoms with Crippen molar-refractivity contribution >= 4 is 11.6 Å². The van der Waals surface area contributed by atoms with Crippen LogP contribution in [0.2, 0.25) is 0 Å². The average molecular weight is 987 g/mol. The van der Waals surface area contributed by atoms with Gasteiger partial charge in [0.2, 0.25) is 0 Å². The molecule has 2 nitrogen and oxygen atoms in total. The fraction of sp³-hybridized carbons (Fsp3) is 0.297. The Hall–Kier alpha value is -7.16. The molecule has 4 fully saturated rings. The van der Waals surface area contributed by atoms with E-state index >= 15 is 0 Å². The molecule has 0 heterocycles. The van der Waals surface area contributed by atoms with Gasteiger partial charge in [-0.2, -0.15) is 0 Å². The molecule has 0 aromatic heterocycles. The highest BCUT2D eigenvalue weighted by atomic mass is 16.2. The third kappa shape index (κ3) is 5.78. The smallest absolute Gasteiger partial charge is 0.171 e. The molecule has 0 saturated heterocycles. The second-order valence-electron chi connectivity index (χ2n) is 25.1. The van der Waals surface area contributed by atoms with Gasteiger partial charge in [0.1, 0.15) is 5.92 Å². The highest BCUT2D eigenvalue weighted by Crippen LogP contribution is 2.81. The summed E-state index contributed by atoms with van der Waals surface area (Å²) in [4.78, 5) is 24.8. The van der Waals surface area contributed by atoms with Crippen molar-refractivity contribution in [3.8, 4) is 77.9 Å². The van der Waals surface area contributed by atoms with Crippen LogP contribution in [0.15, 0.2) is 182 Å². The van der Waals surface area contributed by atoms with Gasteiger partial charge in [0.05, 0.1) is 0 Å². The number of carbonyl (C=O) groups excluding carboxylic acids is 2. The number of aryl methyl sites for hydroxylation is 1. The summed E-state index contributed by atoms with van der Waals surface area (Å²) < 4.78 is 0. The van der Waals surface area contributed by atoms with E-state index in [0.29, 0.717) is 0 Å². The lowest BCUT2D eigenvalue weighted by atomic mass is 9.55. The standard InChI is InChI=1S/C74H66O2/c1-6-71-38-40-72(7-2,41-39-71)74(71)64-43-55(52-16-12-48(13-17-52)47-10-8-46(3)9-11-47)25-29-60(64)61-31-27-57(45-65(61)74)56-26-30-59-58-28-24-54(42-62(58)73(63(59)44-56)69(4)34-36-70(73,5)37-35-69)51-18-14-49(15-19-51)50-20-22-53(23-21-50)68-66(75)32-33-67(68)76/h8-33,42-45,68H,6-7,34-41H2,1-5H3. The van der Waals surface area contributed by atoms with Crippen molar-refractivity contribution in [2.75, 3.05) is 0 Å². The summed E-state index contributed by atoms with van der Waals surface area (Å²) in [6, 6.07) is 65.5. The summed E-state index contributed by atoms with van der Waals surface area (Å²) in [5.74, 6) is -0.970. The third-order valence-electron chi connectivity index (χ3n) is 22.4. The molecule has 0 radical (unpaired) electrons. The second-order valence-corrected chi connectivity index (χ2v) is 25.1. The van der Waals surface area contributed by atoms with Gasteiger partial charge in [-0.1, -0.05) is 179 Å². The molecule has 7 aliphatic carbocycles. The SMILES string of the molecule is CCC12CCC(CC)(CC1)C21c2cc(-c3ccc(-c4ccc(C)cc4)cc3)ccc2-c2ccc(-c3ccc4c(c3)C3(c5cc(-c6ccc(-c7ccc(C8C(=O)C=CC8=O)cc7)cc6)ccc5-4)C4(C)CCC3(C)CC4)cc21. The average Bonchev–Trinajstić information content (AvgIpc) is 4.49. The molecule has 4 bridgehead atoms. The molecular formula is C74H66O2. The number of benzene rings is 8. The largest absolute Gasteiger partial charge is 0.294 e. The molecule has 15 rings (SSSR count). The van der Waals surface area contributed by atoms with Gasteiger partial charge >= 0.3 is 0 Å². The van der Waals surface area contributed by atoms with Gasteiger partial charge < -0.3 is 0 Å². The zero-order valence-corrected chi connectivity index (χ0v) is 44.8. The van der Waals surface area contributed by atoms with E-state index in [4.69, 9.17) is 0 Å². The van der Waals surface area contributed by atoms with E-state index in [0.717, 1.165) is 16.7 Å². The molecule has 0 amide bonds. The van der Waals surface area contributed by atoms with E-state index in [1.54, 1.807) is 16.7 Å². The van der Waals surface area contributed by atoms with Gasteiger partial charge in [-0.25, -0.2) is 0 Å². The van der Waals surface area contributed by atoms with E-state index in [1.807, 2.05) is 24.3 Å². The van der Waals surface area contributed by atoms with Crippen molar-refractivity contribution < 1.29 is 9.59 Å². The lowest BCUT2D eigenvalue weighted by Crippen LogP contribution is -2.45. The first-order chi connectivity index (χ1) is 36.9. The highest BCUT2D eigenvalue weighted by Gasteiger charge is 2.74. The minimum absolute atomic E-state index is 0.0306. The monoisotopic (exact) mass is 987 g/mol. The van der Waals surface area contributed by atoms with Gasteiger partial charge in [0.15, 0.2) is 11.6 Å². The van der Waals surface area contributed by atoms with Crippen molar-refractivity contribution in [1.29, 1.82) is 0 Å². The van der Waals surface area contributed by atoms with Crippen LogP contribution in [0.3, 0.4) is 0 Å². The number of hydrogen-bond donors (Lipinski definition) is 0. The number of ketones is 2. The molecule has 4 saturated carbocycles. The Labute approximate surface area is 449 Å². The van der Waals surface area contributed by atoms with Crippen LogP contribution in [0, 0.1) is 28.6 Å². The Morgan fingerprint density at radius 1 is 0.355 bits per heavy atom. The van der Waals surface area contributed by atoms with E-state index in [1.165, 1.54) is 154 Å². The first kappa shape index (κ1) is 46.2. The topological polar surface area (TPSA) is 34.1 Å². The van der Waals surface area contributed by atoms with Crippen molar-refractivity contribution in [3.63, 3.8) is 0 Å². The van der Waals surface area contributed by atoms with Crippen LogP contribution < -0.4 is 0 Å². The van der Waals surface area contributed by atoms with Crippen molar-refractivity contribution in [2.24, 2.45) is 21.7 Å². The minimum Gasteiger partial charge on any atom is -0.294 e. The number of carbonyl (C=O) groups is 2. The Bertz CT molecular complexity index is 3730. The zero-order valence-electron chi connectivity index (χ0n) is 44.8. The predicted octanol–water partition coefficient (Wildman–Crippen LogP) is 18.6. The molecule has 2 heteroatoms. The lowest BCUT2D eigenvalue weighted by Gasteiger charge is -2.47. The summed E-state index contributed by atoms with van der Waals surface area (Å²) in [6.45, 7) is 12.4. The molecule has 0 aliphatic heterocycles. The van der Waals surface area contributed by atoms with E-state index in [-0.39, 0.29) is 44.1 Å². The van der Waals surface area contributed by atoms with Crippen LogP contribution in [-0.2, 0) is 20.4 Å². The quantitative estimate of drug-likeness (QED) is 0.142.